The Labute approximate surface area is 141 Å². The van der Waals surface area contributed by atoms with Crippen LogP contribution >= 0.6 is 0 Å². The highest BCUT2D eigenvalue weighted by molar-refractivity contribution is 5.43. The molecule has 0 radical (unpaired) electrons. The molecular formula is C17H22N4O3. The van der Waals surface area contributed by atoms with E-state index in [-0.39, 0.29) is 11.7 Å². The van der Waals surface area contributed by atoms with Gasteiger partial charge >= 0.3 is 0 Å². The smallest absolute Gasteiger partial charge is 0.163 e. The number of hydrogen-bond donors (Lipinski definition) is 3. The largest absolute Gasteiger partial charge is 0.595 e. The van der Waals surface area contributed by atoms with Gasteiger partial charge in [0, 0.05) is 25.6 Å². The van der Waals surface area contributed by atoms with Crippen LogP contribution in [0, 0.1) is 5.21 Å². The second kappa shape index (κ2) is 8.51. The summed E-state index contributed by atoms with van der Waals surface area (Å²) in [5, 5.41) is 38.8. The van der Waals surface area contributed by atoms with Crippen LogP contribution in [-0.2, 0) is 6.42 Å². The molecule has 0 spiro atoms. The predicted octanol–water partition coefficient (Wildman–Crippen LogP) is 2.01. The molecule has 3 atom stereocenters. The Kier molecular flexibility index (Phi) is 6.39. The molecule has 0 aliphatic rings. The molecule has 7 heteroatoms. The summed E-state index contributed by atoms with van der Waals surface area (Å²) in [5.74, 6) is 0. The minimum atomic E-state index is -0.978. The zero-order chi connectivity index (χ0) is 17.5. The van der Waals surface area contributed by atoms with Crippen molar-refractivity contribution >= 4 is 11.4 Å². The maximum absolute atomic E-state index is 10.8. The summed E-state index contributed by atoms with van der Waals surface area (Å²) in [6.45, 7) is 1.88. The average Bonchev–Trinajstić information content (AvgIpc) is 2.60. The van der Waals surface area contributed by atoms with E-state index in [1.54, 1.807) is 24.2 Å². The summed E-state index contributed by atoms with van der Waals surface area (Å²) in [4.78, 5) is 0. The van der Waals surface area contributed by atoms with Gasteiger partial charge in [-0.1, -0.05) is 35.6 Å². The third kappa shape index (κ3) is 5.10. The summed E-state index contributed by atoms with van der Waals surface area (Å²) < 4.78 is 0. The number of benzene rings is 2. The van der Waals surface area contributed by atoms with Crippen molar-refractivity contribution in [3.63, 3.8) is 0 Å². The van der Waals surface area contributed by atoms with E-state index in [0.29, 0.717) is 12.1 Å². The van der Waals surface area contributed by atoms with Gasteiger partial charge in [0.15, 0.2) is 5.69 Å². The Balaban J connectivity index is 1.93. The van der Waals surface area contributed by atoms with Gasteiger partial charge < -0.3 is 10.3 Å². The molecule has 24 heavy (non-hydrogen) atoms. The summed E-state index contributed by atoms with van der Waals surface area (Å²) in [7, 11) is 1.74. The SMILES string of the molecule is CC(C(O)Cc1ccccc1)N(C)N=Nc1ccc([NH+]([O-])O)cc1. The molecule has 0 amide bonds. The lowest BCUT2D eigenvalue weighted by Crippen LogP contribution is -2.99. The van der Waals surface area contributed by atoms with Crippen LogP contribution in [-0.4, -0.2) is 34.5 Å². The van der Waals surface area contributed by atoms with E-state index < -0.39 is 11.3 Å². The van der Waals surface area contributed by atoms with E-state index in [1.807, 2.05) is 37.3 Å². The number of rotatable bonds is 7. The first-order valence-electron chi connectivity index (χ1n) is 7.67. The van der Waals surface area contributed by atoms with Crippen molar-refractivity contribution in [2.45, 2.75) is 25.5 Å². The van der Waals surface area contributed by atoms with E-state index in [0.717, 1.165) is 5.56 Å². The zero-order valence-corrected chi connectivity index (χ0v) is 13.7. The lowest BCUT2D eigenvalue weighted by molar-refractivity contribution is -0.991. The molecule has 128 valence electrons. The second-order valence-electron chi connectivity index (χ2n) is 5.61. The van der Waals surface area contributed by atoms with Gasteiger partial charge in [-0.05, 0) is 24.6 Å². The minimum Gasteiger partial charge on any atom is -0.595 e. The van der Waals surface area contributed by atoms with Gasteiger partial charge in [0.1, 0.15) is 0 Å². The molecule has 2 rings (SSSR count). The van der Waals surface area contributed by atoms with Crippen molar-refractivity contribution in [1.82, 2.24) is 5.01 Å². The molecule has 0 aliphatic carbocycles. The van der Waals surface area contributed by atoms with Crippen LogP contribution in [0.3, 0.4) is 0 Å². The van der Waals surface area contributed by atoms with Gasteiger partial charge in [-0.15, -0.1) is 5.11 Å². The van der Waals surface area contributed by atoms with Crippen LogP contribution in [0.2, 0.25) is 0 Å². The maximum Gasteiger partial charge on any atom is 0.163 e. The van der Waals surface area contributed by atoms with E-state index in [4.69, 9.17) is 5.21 Å². The highest BCUT2D eigenvalue weighted by atomic mass is 16.8. The number of likely N-dealkylation sites (N-methyl/N-ethyl adjacent to an activating group) is 1. The third-order valence-corrected chi connectivity index (χ3v) is 3.85. The third-order valence-electron chi connectivity index (χ3n) is 3.85. The van der Waals surface area contributed by atoms with Crippen molar-refractivity contribution in [3.05, 3.63) is 65.4 Å². The van der Waals surface area contributed by atoms with Gasteiger partial charge in [0.05, 0.1) is 17.8 Å². The molecule has 0 saturated heterocycles. The van der Waals surface area contributed by atoms with E-state index in [2.05, 4.69) is 10.3 Å². The molecule has 2 aromatic rings. The van der Waals surface area contributed by atoms with Crippen molar-refractivity contribution in [1.29, 1.82) is 0 Å². The summed E-state index contributed by atoms with van der Waals surface area (Å²) >= 11 is 0. The Hall–Kier alpha value is -2.32. The van der Waals surface area contributed by atoms with Crippen LogP contribution in [0.15, 0.2) is 64.9 Å². The van der Waals surface area contributed by atoms with Crippen molar-refractivity contribution < 1.29 is 15.5 Å². The van der Waals surface area contributed by atoms with Crippen molar-refractivity contribution in [2.24, 2.45) is 10.3 Å². The molecule has 0 fully saturated rings. The fourth-order valence-electron chi connectivity index (χ4n) is 2.15. The maximum atomic E-state index is 10.8. The number of aliphatic hydroxyl groups excluding tert-OH is 1. The first kappa shape index (κ1) is 18.0. The van der Waals surface area contributed by atoms with Crippen LogP contribution in [0.5, 0.6) is 0 Å². The number of nitrogens with one attached hydrogen (secondary N) is 1. The Bertz CT molecular complexity index is 647. The van der Waals surface area contributed by atoms with Crippen molar-refractivity contribution in [3.8, 4) is 0 Å². The molecule has 0 saturated carbocycles. The molecule has 0 bridgehead atoms. The number of aliphatic hydroxyl groups is 1. The molecule has 0 aliphatic heterocycles. The van der Waals surface area contributed by atoms with Crippen LogP contribution < -0.4 is 5.23 Å². The first-order valence-corrected chi connectivity index (χ1v) is 7.67. The molecule has 7 nitrogen and oxygen atoms in total. The fraction of sp³-hybridized carbons (Fsp3) is 0.294. The molecule has 3 N–H and O–H groups in total. The highest BCUT2D eigenvalue weighted by Crippen LogP contribution is 2.16. The van der Waals surface area contributed by atoms with Gasteiger partial charge in [0.25, 0.3) is 0 Å². The molecule has 0 aromatic heterocycles. The number of hydrogen-bond acceptors (Lipinski definition) is 5. The Morgan fingerprint density at radius 3 is 2.33 bits per heavy atom. The topological polar surface area (TPSA) is 95.9 Å². The van der Waals surface area contributed by atoms with Gasteiger partial charge in [-0.25, -0.2) is 5.21 Å². The van der Waals surface area contributed by atoms with E-state index in [9.17, 15) is 10.3 Å². The molecule has 0 heterocycles. The number of nitrogens with zero attached hydrogens (tertiary/aromatic N) is 3. The highest BCUT2D eigenvalue weighted by Gasteiger charge is 2.18. The molecular weight excluding hydrogens is 308 g/mol. The monoisotopic (exact) mass is 330 g/mol. The quantitative estimate of drug-likeness (QED) is 0.534. The standard InChI is InChI=1S/C17H22N4O3/c1-13(17(22)12-14-6-4-3-5-7-14)20(2)19-18-15-8-10-16(11-9-15)21(23)24/h3-11,13,17,21-23H,12H2,1-2H3. The minimum absolute atomic E-state index is 0.203. The predicted molar refractivity (Wildman–Crippen MR) is 90.1 cm³/mol. The van der Waals surface area contributed by atoms with Crippen LogP contribution in [0.1, 0.15) is 12.5 Å². The fourth-order valence-corrected chi connectivity index (χ4v) is 2.15. The second-order valence-corrected chi connectivity index (χ2v) is 5.61. The van der Waals surface area contributed by atoms with Crippen LogP contribution in [0.4, 0.5) is 11.4 Å². The van der Waals surface area contributed by atoms with Crippen molar-refractivity contribution in [2.75, 3.05) is 7.05 Å². The van der Waals surface area contributed by atoms with Gasteiger partial charge in [-0.3, -0.25) is 5.01 Å². The zero-order valence-electron chi connectivity index (χ0n) is 13.7. The van der Waals surface area contributed by atoms with Gasteiger partial charge in [-0.2, -0.15) is 5.23 Å². The first-order chi connectivity index (χ1) is 11.5. The average molecular weight is 330 g/mol. The molecule has 3 unspecified atom stereocenters. The summed E-state index contributed by atoms with van der Waals surface area (Å²) in [6, 6.07) is 15.7. The molecule has 2 aromatic carbocycles. The number of quaternary nitrogens is 1. The normalized spacial score (nSPS) is 15.2. The van der Waals surface area contributed by atoms with Gasteiger partial charge in [0.2, 0.25) is 0 Å². The summed E-state index contributed by atoms with van der Waals surface area (Å²) in [5.41, 5.74) is 1.82. The lowest BCUT2D eigenvalue weighted by atomic mass is 10.0. The summed E-state index contributed by atoms with van der Waals surface area (Å²) in [6.07, 6.45) is -0.0411. The Morgan fingerprint density at radius 2 is 1.75 bits per heavy atom. The lowest BCUT2D eigenvalue weighted by Gasteiger charge is -2.25. The van der Waals surface area contributed by atoms with Crippen LogP contribution in [0.25, 0.3) is 0 Å². The Morgan fingerprint density at radius 1 is 1.12 bits per heavy atom. The van der Waals surface area contributed by atoms with E-state index in [1.165, 1.54) is 12.1 Å². The van der Waals surface area contributed by atoms with E-state index >= 15 is 0 Å².